The molecule has 0 aliphatic rings. The van der Waals surface area contributed by atoms with Gasteiger partial charge in [0.2, 0.25) is 5.91 Å². The van der Waals surface area contributed by atoms with Crippen LogP contribution in [0.1, 0.15) is 213 Å². The number of carboxylic acids is 1. The van der Waals surface area contributed by atoms with Crippen LogP contribution in [0.25, 0.3) is 0 Å². The van der Waals surface area contributed by atoms with Gasteiger partial charge in [0.15, 0.2) is 12.1 Å². The summed E-state index contributed by atoms with van der Waals surface area (Å²) in [5.74, 6) is -4.25. The highest BCUT2D eigenvalue weighted by Crippen LogP contribution is 2.13. The van der Waals surface area contributed by atoms with E-state index < -0.39 is 61.0 Å². The Hall–Kier alpha value is -3.94. The summed E-state index contributed by atoms with van der Waals surface area (Å²) in [6.07, 6.45) is 37.6. The van der Waals surface area contributed by atoms with Crippen molar-refractivity contribution in [2.24, 2.45) is 22.2 Å². The van der Waals surface area contributed by atoms with Crippen molar-refractivity contribution in [1.29, 1.82) is 0 Å². The summed E-state index contributed by atoms with van der Waals surface area (Å²) in [5.41, 5.74) is 16.6. The first-order chi connectivity index (χ1) is 30.5. The molecule has 0 rings (SSSR count). The predicted octanol–water partition coefficient (Wildman–Crippen LogP) is 9.40. The molecule has 0 bridgehead atoms. The largest absolute Gasteiger partial charge is 0.481 e. The van der Waals surface area contributed by atoms with Crippen LogP contribution in [0, 0.1) is 0 Å². The average Bonchev–Trinajstić information content (AvgIpc) is 3.25. The van der Waals surface area contributed by atoms with Crippen LogP contribution in [0.2, 0.25) is 0 Å². The lowest BCUT2D eigenvalue weighted by Gasteiger charge is -2.21. The number of carbonyl (C=O) groups excluding carboxylic acids is 4. The third-order valence-corrected chi connectivity index (χ3v) is 10.7. The van der Waals surface area contributed by atoms with Gasteiger partial charge in [0.25, 0.3) is 0 Å². The van der Waals surface area contributed by atoms with Crippen molar-refractivity contribution in [3.8, 4) is 0 Å². The Bertz CT molecular complexity index is 1270. The van der Waals surface area contributed by atoms with E-state index in [1.54, 1.807) is 0 Å². The molecule has 3 atom stereocenters. The highest BCUT2D eigenvalue weighted by atomic mass is 16.6. The summed E-state index contributed by atoms with van der Waals surface area (Å²) in [7, 11) is 0. The number of aliphatic imine (C=N–C) groups is 1. The van der Waals surface area contributed by atoms with Crippen molar-refractivity contribution in [3.63, 3.8) is 0 Å². The van der Waals surface area contributed by atoms with Gasteiger partial charge >= 0.3 is 23.9 Å². The molecule has 0 saturated carbocycles. The van der Waals surface area contributed by atoms with E-state index in [0.29, 0.717) is 19.3 Å². The van der Waals surface area contributed by atoms with Gasteiger partial charge in [-0.05, 0) is 77.0 Å². The van der Waals surface area contributed by atoms with Gasteiger partial charge in [-0.2, -0.15) is 0 Å². The second-order valence-electron chi connectivity index (χ2n) is 16.8. The van der Waals surface area contributed by atoms with E-state index in [2.05, 4.69) is 48.5 Å². The number of hydrogen-bond donors (Lipinski definition) is 5. The topological polar surface area (TPSA) is 236 Å². The maximum absolute atomic E-state index is 13.1. The van der Waals surface area contributed by atoms with Crippen LogP contribution in [0.4, 0.5) is 0 Å². The molecule has 0 aromatic carbocycles. The van der Waals surface area contributed by atoms with E-state index in [9.17, 15) is 29.1 Å². The van der Waals surface area contributed by atoms with E-state index in [1.807, 2.05) is 0 Å². The Morgan fingerprint density at radius 1 is 0.587 bits per heavy atom. The molecule has 0 aromatic rings. The Morgan fingerprint density at radius 2 is 1.02 bits per heavy atom. The molecule has 0 heterocycles. The predicted molar refractivity (Wildman–Crippen MR) is 253 cm³/mol. The van der Waals surface area contributed by atoms with Gasteiger partial charge in [-0.3, -0.25) is 24.2 Å². The van der Waals surface area contributed by atoms with Crippen LogP contribution in [-0.4, -0.2) is 78.8 Å². The van der Waals surface area contributed by atoms with Crippen LogP contribution in [-0.2, 0) is 38.2 Å². The molecule has 14 heteroatoms. The fraction of sp³-hybridized carbons (Fsp3) is 0.796. The molecule has 364 valence electrons. The average molecular weight is 892 g/mol. The first-order valence-corrected chi connectivity index (χ1v) is 24.6. The molecule has 0 aliphatic heterocycles. The quantitative estimate of drug-likeness (QED) is 0.00961. The van der Waals surface area contributed by atoms with Crippen molar-refractivity contribution in [1.82, 2.24) is 5.32 Å². The van der Waals surface area contributed by atoms with Gasteiger partial charge in [0.05, 0.1) is 12.5 Å². The Kier molecular flexibility index (Phi) is 40.6. The minimum absolute atomic E-state index is 0.0995. The molecule has 0 saturated heterocycles. The first-order valence-electron chi connectivity index (χ1n) is 24.6. The van der Waals surface area contributed by atoms with E-state index in [0.717, 1.165) is 77.0 Å². The number of allylic oxidation sites excluding steroid dienone is 4. The lowest BCUT2D eigenvalue weighted by Crippen LogP contribution is -2.50. The number of carbonyl (C=O) groups is 5. The number of carboxylic acid groups (broad SMARTS) is 1. The number of ether oxygens (including phenoxy) is 3. The van der Waals surface area contributed by atoms with Crippen LogP contribution in [0.3, 0.4) is 0 Å². The smallest absolute Gasteiger partial charge is 0.329 e. The molecule has 0 aromatic heterocycles. The van der Waals surface area contributed by atoms with Crippen LogP contribution in [0.15, 0.2) is 29.3 Å². The zero-order valence-corrected chi connectivity index (χ0v) is 39.5. The van der Waals surface area contributed by atoms with Gasteiger partial charge < -0.3 is 41.8 Å². The summed E-state index contributed by atoms with van der Waals surface area (Å²) in [4.78, 5) is 66.7. The number of rotatable bonds is 44. The number of guanidine groups is 1. The first kappa shape index (κ1) is 59.1. The minimum Gasteiger partial charge on any atom is -0.481 e. The van der Waals surface area contributed by atoms with Crippen molar-refractivity contribution in [2.75, 3.05) is 19.8 Å². The maximum Gasteiger partial charge on any atom is 0.329 e. The Morgan fingerprint density at radius 3 is 1.48 bits per heavy atom. The maximum atomic E-state index is 13.1. The molecular formula is C49H89N5O9. The van der Waals surface area contributed by atoms with Crippen molar-refractivity contribution in [3.05, 3.63) is 24.3 Å². The number of aliphatic carboxylic acids is 1. The number of amides is 1. The summed E-state index contributed by atoms with van der Waals surface area (Å²) < 4.78 is 16.4. The van der Waals surface area contributed by atoms with E-state index in [-0.39, 0.29) is 38.4 Å². The molecule has 14 nitrogen and oxygen atoms in total. The Balaban J connectivity index is 4.91. The summed E-state index contributed by atoms with van der Waals surface area (Å²) in [6, 6.07) is -2.62. The van der Waals surface area contributed by atoms with Crippen LogP contribution >= 0.6 is 0 Å². The van der Waals surface area contributed by atoms with Gasteiger partial charge in [-0.1, -0.05) is 141 Å². The van der Waals surface area contributed by atoms with Gasteiger partial charge in [0, 0.05) is 19.4 Å². The zero-order valence-electron chi connectivity index (χ0n) is 39.5. The number of nitrogens with two attached hydrogens (primary N) is 3. The van der Waals surface area contributed by atoms with E-state index in [1.165, 1.54) is 77.0 Å². The Labute approximate surface area is 380 Å². The van der Waals surface area contributed by atoms with E-state index >= 15 is 0 Å². The van der Waals surface area contributed by atoms with Gasteiger partial charge in [-0.25, -0.2) is 4.79 Å². The molecule has 0 spiro atoms. The summed E-state index contributed by atoms with van der Waals surface area (Å²) in [6.45, 7) is 3.86. The highest BCUT2D eigenvalue weighted by molar-refractivity contribution is 5.89. The molecule has 0 fully saturated rings. The van der Waals surface area contributed by atoms with E-state index in [4.69, 9.17) is 31.4 Å². The minimum atomic E-state index is -1.56. The number of nitrogens with one attached hydrogen (secondary N) is 1. The van der Waals surface area contributed by atoms with Crippen molar-refractivity contribution < 1.29 is 43.3 Å². The van der Waals surface area contributed by atoms with Crippen LogP contribution in [0.5, 0.6) is 0 Å². The zero-order chi connectivity index (χ0) is 46.6. The normalized spacial score (nSPS) is 12.8. The molecule has 8 N–H and O–H groups in total. The van der Waals surface area contributed by atoms with Crippen LogP contribution < -0.4 is 22.5 Å². The second kappa shape index (κ2) is 43.3. The van der Waals surface area contributed by atoms with Gasteiger partial charge in [-0.15, -0.1) is 0 Å². The summed E-state index contributed by atoms with van der Waals surface area (Å²) in [5, 5.41) is 11.8. The summed E-state index contributed by atoms with van der Waals surface area (Å²) >= 11 is 0. The molecule has 0 radical (unpaired) electrons. The van der Waals surface area contributed by atoms with Crippen molar-refractivity contribution >= 4 is 35.7 Å². The van der Waals surface area contributed by atoms with Crippen molar-refractivity contribution in [2.45, 2.75) is 231 Å². The number of hydrogen-bond acceptors (Lipinski definition) is 10. The highest BCUT2D eigenvalue weighted by Gasteiger charge is 2.29. The molecule has 1 amide bonds. The third kappa shape index (κ3) is 40.6. The number of unbranched alkanes of at least 4 members (excludes halogenated alkanes) is 22. The fourth-order valence-corrected chi connectivity index (χ4v) is 6.87. The van der Waals surface area contributed by atoms with Gasteiger partial charge in [0.1, 0.15) is 19.3 Å². The fourth-order valence-electron chi connectivity index (χ4n) is 6.87. The lowest BCUT2D eigenvalue weighted by atomic mass is 10.1. The standard InChI is InChI=1S/C49H89N5O9/c1-3-5-7-9-11-13-15-17-19-21-23-25-27-29-31-35-45(57)61-39-41(63-46(58)36-32-30-28-26-24-22-20-18-16-14-12-10-8-6-4-2)40-62-48(60)43(38-44(55)56)54-47(59)42(50)34-33-37-53-49(51)52/h17-20,41-43H,3-16,21-40,50H2,1-2H3,(H,54,59)(H,55,56)(H4,51,52,53)/b19-17-,20-18-. The molecule has 0 aliphatic carbocycles. The third-order valence-electron chi connectivity index (χ3n) is 10.7. The molecular weight excluding hydrogens is 803 g/mol. The monoisotopic (exact) mass is 892 g/mol. The second-order valence-corrected chi connectivity index (χ2v) is 16.8. The molecule has 3 unspecified atom stereocenters. The number of nitrogens with zero attached hydrogens (tertiary/aromatic N) is 1. The molecule has 63 heavy (non-hydrogen) atoms. The lowest BCUT2D eigenvalue weighted by molar-refractivity contribution is -0.168. The number of esters is 3. The SMILES string of the molecule is CCCCCCCC/C=C\CCCCCCCC(=O)OCC(COC(=O)C(CC(=O)O)NC(=O)C(N)CCCN=C(N)N)OC(=O)CCCCCCC/C=C\CCCCCCCC.